The Balaban J connectivity index is 1.25. The van der Waals surface area contributed by atoms with Crippen LogP contribution in [0.25, 0.3) is 10.2 Å². The number of aromatic nitrogens is 1. The van der Waals surface area contributed by atoms with Gasteiger partial charge in [-0.1, -0.05) is 30.2 Å². The average molecular weight is 563 g/mol. The fraction of sp³-hybridized carbons (Fsp3) is 0.440. The molecule has 0 unspecified atom stereocenters. The van der Waals surface area contributed by atoms with Gasteiger partial charge < -0.3 is 9.80 Å². The zero-order valence-corrected chi connectivity index (χ0v) is 23.1. The number of amides is 1. The van der Waals surface area contributed by atoms with Crippen molar-refractivity contribution in [1.82, 2.24) is 14.2 Å². The first-order valence-corrected chi connectivity index (χ1v) is 16.5. The fourth-order valence-electron chi connectivity index (χ4n) is 4.83. The summed E-state index contributed by atoms with van der Waals surface area (Å²) in [7, 11) is -6.94. The minimum atomic E-state index is -3.56. The van der Waals surface area contributed by atoms with Crippen LogP contribution in [0.1, 0.15) is 36.0 Å². The van der Waals surface area contributed by atoms with E-state index in [4.69, 9.17) is 0 Å². The van der Waals surface area contributed by atoms with Gasteiger partial charge in [-0.3, -0.25) is 4.79 Å². The molecule has 2 aliphatic heterocycles. The molecular formula is C25H30N4O5S3. The molecule has 198 valence electrons. The van der Waals surface area contributed by atoms with Crippen LogP contribution in [0.5, 0.6) is 0 Å². The number of para-hydroxylation sites is 1. The molecule has 2 saturated heterocycles. The number of rotatable bonds is 5. The Hall–Kier alpha value is -2.54. The Morgan fingerprint density at radius 1 is 0.838 bits per heavy atom. The van der Waals surface area contributed by atoms with Crippen LogP contribution in [0.15, 0.2) is 52.3 Å². The number of anilines is 1. The molecule has 0 radical (unpaired) electrons. The number of benzene rings is 2. The van der Waals surface area contributed by atoms with Crippen molar-refractivity contribution in [3.8, 4) is 0 Å². The van der Waals surface area contributed by atoms with E-state index in [2.05, 4.69) is 9.88 Å². The third-order valence-electron chi connectivity index (χ3n) is 6.91. The van der Waals surface area contributed by atoms with E-state index in [0.29, 0.717) is 50.3 Å². The molecule has 0 aliphatic carbocycles. The molecule has 2 fully saturated rings. The summed E-state index contributed by atoms with van der Waals surface area (Å²) in [6, 6.07) is 11.4. The van der Waals surface area contributed by atoms with Crippen LogP contribution < -0.4 is 4.90 Å². The Morgan fingerprint density at radius 3 is 2.11 bits per heavy atom. The molecule has 1 aromatic heterocycles. The van der Waals surface area contributed by atoms with Gasteiger partial charge in [-0.15, -0.1) is 0 Å². The molecule has 2 aliphatic rings. The standard InChI is InChI=1S/C25H30N4O5S3/c1-36(31,32)22-8-6-7-21-23(22)26-25(35-21)28-17-15-27(16-18-28)24(30)19-9-11-20(12-10-19)37(33,34)29-13-4-2-3-5-14-29/h6-12H,2-5,13-18H2,1H3. The molecule has 3 heterocycles. The lowest BCUT2D eigenvalue weighted by molar-refractivity contribution is 0.0746. The second-order valence-corrected chi connectivity index (χ2v) is 14.4. The highest BCUT2D eigenvalue weighted by molar-refractivity contribution is 7.91. The van der Waals surface area contributed by atoms with E-state index in [1.165, 1.54) is 29.7 Å². The molecule has 0 bridgehead atoms. The number of piperazine rings is 1. The van der Waals surface area contributed by atoms with Crippen molar-refractivity contribution in [2.24, 2.45) is 0 Å². The fourth-order valence-corrected chi connectivity index (χ4v) is 8.29. The van der Waals surface area contributed by atoms with Crippen LogP contribution in [0.3, 0.4) is 0 Å². The predicted molar refractivity (Wildman–Crippen MR) is 145 cm³/mol. The van der Waals surface area contributed by atoms with Gasteiger partial charge in [0, 0.05) is 51.1 Å². The van der Waals surface area contributed by atoms with Crippen LogP contribution in [0, 0.1) is 0 Å². The maximum atomic E-state index is 13.1. The normalized spacial score (nSPS) is 18.2. The largest absolute Gasteiger partial charge is 0.345 e. The van der Waals surface area contributed by atoms with Crippen molar-refractivity contribution in [3.05, 3.63) is 48.0 Å². The van der Waals surface area contributed by atoms with E-state index >= 15 is 0 Å². The summed E-state index contributed by atoms with van der Waals surface area (Å²) in [6.07, 6.45) is 5.03. The van der Waals surface area contributed by atoms with Crippen molar-refractivity contribution >= 4 is 52.5 Å². The van der Waals surface area contributed by atoms with Gasteiger partial charge in [-0.25, -0.2) is 21.8 Å². The van der Waals surface area contributed by atoms with Gasteiger partial charge in [-0.05, 0) is 49.2 Å². The topological polar surface area (TPSA) is 108 Å². The van der Waals surface area contributed by atoms with Crippen molar-refractivity contribution < 1.29 is 21.6 Å². The highest BCUT2D eigenvalue weighted by atomic mass is 32.2. The molecule has 0 spiro atoms. The SMILES string of the molecule is CS(=O)(=O)c1cccc2sc(N3CCN(C(=O)c4ccc(S(=O)(=O)N5CCCCCC5)cc4)CC3)nc12. The number of thiazole rings is 1. The van der Waals surface area contributed by atoms with E-state index in [0.717, 1.165) is 35.5 Å². The van der Waals surface area contributed by atoms with E-state index in [-0.39, 0.29) is 15.7 Å². The van der Waals surface area contributed by atoms with Crippen molar-refractivity contribution in [2.45, 2.75) is 35.5 Å². The van der Waals surface area contributed by atoms with E-state index in [1.54, 1.807) is 33.5 Å². The molecular weight excluding hydrogens is 532 g/mol. The maximum absolute atomic E-state index is 13.1. The molecule has 3 aromatic rings. The van der Waals surface area contributed by atoms with Crippen LogP contribution in [-0.2, 0) is 19.9 Å². The number of fused-ring (bicyclic) bond motifs is 1. The Kier molecular flexibility index (Phi) is 7.27. The van der Waals surface area contributed by atoms with Crippen LogP contribution in [0.4, 0.5) is 5.13 Å². The average Bonchev–Trinajstić information content (AvgIpc) is 3.13. The highest BCUT2D eigenvalue weighted by Crippen LogP contribution is 2.33. The monoisotopic (exact) mass is 562 g/mol. The van der Waals surface area contributed by atoms with Gasteiger partial charge >= 0.3 is 0 Å². The van der Waals surface area contributed by atoms with Gasteiger partial charge in [0.05, 0.1) is 14.5 Å². The van der Waals surface area contributed by atoms with Crippen LogP contribution in [-0.4, -0.2) is 82.5 Å². The van der Waals surface area contributed by atoms with Gasteiger partial charge in [-0.2, -0.15) is 4.31 Å². The molecule has 37 heavy (non-hydrogen) atoms. The molecule has 0 N–H and O–H groups in total. The number of sulfone groups is 1. The number of hydrogen-bond donors (Lipinski definition) is 0. The maximum Gasteiger partial charge on any atom is 0.253 e. The van der Waals surface area contributed by atoms with Gasteiger partial charge in [0.15, 0.2) is 15.0 Å². The summed E-state index contributed by atoms with van der Waals surface area (Å²) in [5, 5.41) is 0.737. The summed E-state index contributed by atoms with van der Waals surface area (Å²) >= 11 is 1.44. The van der Waals surface area contributed by atoms with Gasteiger partial charge in [0.2, 0.25) is 10.0 Å². The molecule has 0 saturated carbocycles. The zero-order valence-electron chi connectivity index (χ0n) is 20.7. The predicted octanol–water partition coefficient (Wildman–Crippen LogP) is 3.23. The van der Waals surface area contributed by atoms with E-state index < -0.39 is 19.9 Å². The van der Waals surface area contributed by atoms with E-state index in [9.17, 15) is 21.6 Å². The van der Waals surface area contributed by atoms with Crippen molar-refractivity contribution in [3.63, 3.8) is 0 Å². The Labute approximate surface area is 221 Å². The molecule has 9 nitrogen and oxygen atoms in total. The number of hydrogen-bond acceptors (Lipinski definition) is 8. The molecule has 5 rings (SSSR count). The Bertz CT molecular complexity index is 1500. The minimum Gasteiger partial charge on any atom is -0.345 e. The first-order chi connectivity index (χ1) is 17.6. The first kappa shape index (κ1) is 26.1. The minimum absolute atomic E-state index is 0.137. The third-order valence-corrected chi connectivity index (χ3v) is 11.0. The lowest BCUT2D eigenvalue weighted by atomic mass is 10.2. The number of sulfonamides is 1. The van der Waals surface area contributed by atoms with E-state index in [1.807, 2.05) is 6.07 Å². The van der Waals surface area contributed by atoms with Gasteiger partial charge in [0.1, 0.15) is 5.52 Å². The number of carbonyl (C=O) groups excluding carboxylic acids is 1. The van der Waals surface area contributed by atoms with Crippen molar-refractivity contribution in [2.75, 3.05) is 50.4 Å². The smallest absolute Gasteiger partial charge is 0.253 e. The molecule has 12 heteroatoms. The number of nitrogens with zero attached hydrogens (tertiary/aromatic N) is 4. The lowest BCUT2D eigenvalue weighted by Crippen LogP contribution is -2.48. The van der Waals surface area contributed by atoms with Crippen LogP contribution in [0.2, 0.25) is 0 Å². The second-order valence-electron chi connectivity index (χ2n) is 9.49. The highest BCUT2D eigenvalue weighted by Gasteiger charge is 2.27. The Morgan fingerprint density at radius 2 is 1.49 bits per heavy atom. The summed E-state index contributed by atoms with van der Waals surface area (Å²) in [5.74, 6) is -0.137. The summed E-state index contributed by atoms with van der Waals surface area (Å²) in [5.41, 5.74) is 0.944. The quantitative estimate of drug-likeness (QED) is 0.470. The summed E-state index contributed by atoms with van der Waals surface area (Å²) in [4.78, 5) is 22.0. The summed E-state index contributed by atoms with van der Waals surface area (Å²) < 4.78 is 52.7. The molecule has 1 amide bonds. The lowest BCUT2D eigenvalue weighted by Gasteiger charge is -2.34. The third kappa shape index (κ3) is 5.38. The second kappa shape index (κ2) is 10.3. The van der Waals surface area contributed by atoms with Crippen LogP contribution >= 0.6 is 11.3 Å². The molecule has 2 aromatic carbocycles. The van der Waals surface area contributed by atoms with Crippen molar-refractivity contribution in [1.29, 1.82) is 0 Å². The van der Waals surface area contributed by atoms with Gasteiger partial charge in [0.25, 0.3) is 5.91 Å². The summed E-state index contributed by atoms with van der Waals surface area (Å²) in [6.45, 7) is 3.19. The zero-order chi connectivity index (χ0) is 26.2. The first-order valence-electron chi connectivity index (χ1n) is 12.4. The molecule has 0 atom stereocenters. The number of carbonyl (C=O) groups is 1.